The van der Waals surface area contributed by atoms with Gasteiger partial charge in [0.2, 0.25) is 11.8 Å². The highest BCUT2D eigenvalue weighted by molar-refractivity contribution is 5.91. The van der Waals surface area contributed by atoms with Crippen LogP contribution in [0.25, 0.3) is 0 Å². The SMILES string of the molecule is CCOC(=O)C[C@H](O)[C@H](CC(C)C)NC(=O)[C@@H](NC(=O)[C@@H](NC(=O)OC(C)(C)C)C1CCCCC1)[C@@H](C)CC. The molecule has 1 saturated carbocycles. The first-order valence-electron chi connectivity index (χ1n) is 14.6. The van der Waals surface area contributed by atoms with Crippen molar-refractivity contribution in [1.82, 2.24) is 16.0 Å². The van der Waals surface area contributed by atoms with Gasteiger partial charge >= 0.3 is 12.1 Å². The van der Waals surface area contributed by atoms with E-state index in [0.29, 0.717) is 12.8 Å². The number of hydrogen-bond acceptors (Lipinski definition) is 7. The molecule has 4 N–H and O–H groups in total. The van der Waals surface area contributed by atoms with E-state index in [4.69, 9.17) is 9.47 Å². The van der Waals surface area contributed by atoms with E-state index < -0.39 is 53.7 Å². The molecule has 0 aromatic carbocycles. The predicted octanol–water partition coefficient (Wildman–Crippen LogP) is 3.84. The molecule has 0 aromatic rings. The average Bonchev–Trinajstić information content (AvgIpc) is 2.84. The van der Waals surface area contributed by atoms with Crippen molar-refractivity contribution in [2.45, 2.75) is 137 Å². The number of aliphatic hydroxyl groups is 1. The van der Waals surface area contributed by atoms with Crippen LogP contribution in [0.3, 0.4) is 0 Å². The molecular formula is C29H53N3O7. The Morgan fingerprint density at radius 3 is 2.05 bits per heavy atom. The van der Waals surface area contributed by atoms with Gasteiger partial charge in [0.1, 0.15) is 17.7 Å². The molecule has 10 nitrogen and oxygen atoms in total. The topological polar surface area (TPSA) is 143 Å². The normalized spacial score (nSPS) is 18.3. The van der Waals surface area contributed by atoms with Gasteiger partial charge in [-0.05, 0) is 64.7 Å². The van der Waals surface area contributed by atoms with Crippen molar-refractivity contribution in [3.63, 3.8) is 0 Å². The summed E-state index contributed by atoms with van der Waals surface area (Å²) in [6.45, 7) is 14.9. The van der Waals surface area contributed by atoms with E-state index in [1.165, 1.54) is 0 Å². The Morgan fingerprint density at radius 1 is 0.923 bits per heavy atom. The first-order valence-corrected chi connectivity index (χ1v) is 14.6. The number of hydrogen-bond donors (Lipinski definition) is 4. The molecule has 0 aromatic heterocycles. The Kier molecular flexibility index (Phi) is 14.8. The van der Waals surface area contributed by atoms with Gasteiger partial charge in [-0.15, -0.1) is 0 Å². The molecule has 0 heterocycles. The van der Waals surface area contributed by atoms with Crippen molar-refractivity contribution in [3.05, 3.63) is 0 Å². The summed E-state index contributed by atoms with van der Waals surface area (Å²) >= 11 is 0. The Bertz CT molecular complexity index is 790. The van der Waals surface area contributed by atoms with Gasteiger partial charge in [0.25, 0.3) is 0 Å². The van der Waals surface area contributed by atoms with Gasteiger partial charge in [0, 0.05) is 0 Å². The van der Waals surface area contributed by atoms with Crippen LogP contribution >= 0.6 is 0 Å². The summed E-state index contributed by atoms with van der Waals surface area (Å²) in [6.07, 6.45) is 3.63. The minimum absolute atomic E-state index is 0.0630. The highest BCUT2D eigenvalue weighted by atomic mass is 16.6. The van der Waals surface area contributed by atoms with Crippen LogP contribution in [0.4, 0.5) is 4.79 Å². The highest BCUT2D eigenvalue weighted by Crippen LogP contribution is 2.27. The Morgan fingerprint density at radius 2 is 1.54 bits per heavy atom. The summed E-state index contributed by atoms with van der Waals surface area (Å²) in [5, 5.41) is 19.3. The van der Waals surface area contributed by atoms with Crippen molar-refractivity contribution in [1.29, 1.82) is 0 Å². The van der Waals surface area contributed by atoms with E-state index in [9.17, 15) is 24.3 Å². The van der Waals surface area contributed by atoms with Crippen LogP contribution < -0.4 is 16.0 Å². The van der Waals surface area contributed by atoms with Gasteiger partial charge in [0.05, 0.1) is 25.2 Å². The zero-order valence-corrected chi connectivity index (χ0v) is 25.3. The smallest absolute Gasteiger partial charge is 0.408 e. The van der Waals surface area contributed by atoms with Crippen molar-refractivity contribution < 1.29 is 33.8 Å². The van der Waals surface area contributed by atoms with E-state index in [0.717, 1.165) is 32.1 Å². The zero-order valence-electron chi connectivity index (χ0n) is 25.3. The van der Waals surface area contributed by atoms with Gasteiger partial charge < -0.3 is 30.5 Å². The number of esters is 1. The molecule has 39 heavy (non-hydrogen) atoms. The standard InChI is InChI=1S/C29H53N3O7/c1-9-19(5)24(26(35)30-21(16-18(3)4)22(33)17-23(34)38-10-2)31-27(36)25(20-14-12-11-13-15-20)32-28(37)39-29(6,7)8/h18-22,24-25,33H,9-17H2,1-8H3,(H,30,35)(H,31,36)(H,32,37)/t19-,21-,22-,24-,25-/m0/s1. The molecule has 226 valence electrons. The summed E-state index contributed by atoms with van der Waals surface area (Å²) < 4.78 is 10.4. The fraction of sp³-hybridized carbons (Fsp3) is 0.862. The molecule has 10 heteroatoms. The third-order valence-electron chi connectivity index (χ3n) is 7.07. The first-order chi connectivity index (χ1) is 18.2. The van der Waals surface area contributed by atoms with Gasteiger partial charge in [-0.25, -0.2) is 4.79 Å². The van der Waals surface area contributed by atoms with Crippen molar-refractivity contribution >= 4 is 23.9 Å². The lowest BCUT2D eigenvalue weighted by Gasteiger charge is -2.34. The van der Waals surface area contributed by atoms with Gasteiger partial charge in [0.15, 0.2) is 0 Å². The summed E-state index contributed by atoms with van der Waals surface area (Å²) in [4.78, 5) is 51.7. The van der Waals surface area contributed by atoms with E-state index in [1.807, 2.05) is 27.7 Å². The lowest BCUT2D eigenvalue weighted by molar-refractivity contribution is -0.146. The van der Waals surface area contributed by atoms with Crippen LogP contribution in [0.5, 0.6) is 0 Å². The second-order valence-corrected chi connectivity index (χ2v) is 12.2. The molecule has 0 bridgehead atoms. The Balaban J connectivity index is 3.11. The molecule has 1 aliphatic rings. The maximum Gasteiger partial charge on any atom is 0.408 e. The van der Waals surface area contributed by atoms with Gasteiger partial charge in [-0.2, -0.15) is 0 Å². The summed E-state index contributed by atoms with van der Waals surface area (Å²) in [5.74, 6) is -1.55. The van der Waals surface area contributed by atoms with Crippen molar-refractivity contribution in [2.24, 2.45) is 17.8 Å². The summed E-state index contributed by atoms with van der Waals surface area (Å²) in [5.41, 5.74) is -0.716. The number of amides is 3. The lowest BCUT2D eigenvalue weighted by atomic mass is 9.83. The number of aliphatic hydroxyl groups excluding tert-OH is 1. The monoisotopic (exact) mass is 555 g/mol. The van der Waals surface area contributed by atoms with E-state index in [-0.39, 0.29) is 30.8 Å². The minimum Gasteiger partial charge on any atom is -0.466 e. The van der Waals surface area contributed by atoms with Crippen LogP contribution in [0, 0.1) is 17.8 Å². The second-order valence-electron chi connectivity index (χ2n) is 12.2. The van der Waals surface area contributed by atoms with E-state index >= 15 is 0 Å². The summed E-state index contributed by atoms with van der Waals surface area (Å²) in [7, 11) is 0. The number of carbonyl (C=O) groups excluding carboxylic acids is 4. The molecule has 0 radical (unpaired) electrons. The maximum atomic E-state index is 13.6. The van der Waals surface area contributed by atoms with Crippen molar-refractivity contribution in [2.75, 3.05) is 6.61 Å². The number of carbonyl (C=O) groups is 4. The Hall–Kier alpha value is -2.36. The molecule has 0 aliphatic heterocycles. The third-order valence-corrected chi connectivity index (χ3v) is 7.07. The molecule has 3 amide bonds. The molecule has 0 unspecified atom stereocenters. The number of rotatable bonds is 14. The van der Waals surface area contributed by atoms with E-state index in [2.05, 4.69) is 16.0 Å². The van der Waals surface area contributed by atoms with E-state index in [1.54, 1.807) is 27.7 Å². The largest absolute Gasteiger partial charge is 0.466 e. The predicted molar refractivity (Wildman–Crippen MR) is 150 cm³/mol. The van der Waals surface area contributed by atoms with Crippen LogP contribution in [0.2, 0.25) is 0 Å². The van der Waals surface area contributed by atoms with Crippen LogP contribution in [0.15, 0.2) is 0 Å². The van der Waals surface area contributed by atoms with Crippen LogP contribution in [-0.2, 0) is 23.9 Å². The quantitative estimate of drug-likeness (QED) is 0.239. The minimum atomic E-state index is -1.13. The van der Waals surface area contributed by atoms with Gasteiger partial charge in [-0.3, -0.25) is 14.4 Å². The first kappa shape index (κ1) is 34.7. The average molecular weight is 556 g/mol. The molecule has 5 atom stereocenters. The molecular weight excluding hydrogens is 502 g/mol. The third kappa shape index (κ3) is 13.0. The maximum absolute atomic E-state index is 13.6. The number of alkyl carbamates (subject to hydrolysis) is 1. The van der Waals surface area contributed by atoms with Crippen molar-refractivity contribution in [3.8, 4) is 0 Å². The molecule has 1 aliphatic carbocycles. The fourth-order valence-electron chi connectivity index (χ4n) is 4.87. The molecule has 1 rings (SSSR count). The molecule has 0 saturated heterocycles. The van der Waals surface area contributed by atoms with Gasteiger partial charge in [-0.1, -0.05) is 53.4 Å². The summed E-state index contributed by atoms with van der Waals surface area (Å²) in [6, 6.07) is -2.42. The number of nitrogens with one attached hydrogen (secondary N) is 3. The fourth-order valence-corrected chi connectivity index (χ4v) is 4.87. The Labute approximate surface area is 234 Å². The second kappa shape index (κ2) is 16.7. The van der Waals surface area contributed by atoms with Crippen LogP contribution in [0.1, 0.15) is 107 Å². The zero-order chi connectivity index (χ0) is 29.8. The van der Waals surface area contributed by atoms with Crippen LogP contribution in [-0.4, -0.2) is 65.4 Å². The number of ether oxygens (including phenoxy) is 2. The highest BCUT2D eigenvalue weighted by Gasteiger charge is 2.37. The lowest BCUT2D eigenvalue weighted by Crippen LogP contribution is -2.59. The molecule has 1 fully saturated rings. The molecule has 0 spiro atoms.